The number of urea groups is 2. The zero-order valence-electron chi connectivity index (χ0n) is 7.15. The Morgan fingerprint density at radius 1 is 1.21 bits per heavy atom. The Morgan fingerprint density at radius 3 is 2.50 bits per heavy atom. The Balaban J connectivity index is 2.19. The minimum absolute atomic E-state index is 0.509. The van der Waals surface area contributed by atoms with Crippen LogP contribution in [0.3, 0.4) is 0 Å². The first-order chi connectivity index (χ1) is 6.75. The van der Waals surface area contributed by atoms with Crippen LogP contribution in [0.4, 0.5) is 9.59 Å². The van der Waals surface area contributed by atoms with Crippen LogP contribution in [-0.2, 0) is 0 Å². The fourth-order valence-corrected chi connectivity index (χ4v) is 1.19. The van der Waals surface area contributed by atoms with Crippen LogP contribution in [0, 0.1) is 0 Å². The molecule has 0 aromatic carbocycles. The van der Waals surface area contributed by atoms with E-state index in [0.717, 1.165) is 5.56 Å². The fraction of sp³-hybridized carbons (Fsp3) is 0.125. The molecule has 0 unspecified atom stereocenters. The lowest BCUT2D eigenvalue weighted by molar-refractivity contribution is 0.209. The van der Waals surface area contributed by atoms with E-state index in [1.165, 1.54) is 0 Å². The molecule has 2 rings (SSSR count). The molecular formula is C8H8N4O2. The van der Waals surface area contributed by atoms with Gasteiger partial charge in [-0.15, -0.1) is 0 Å². The lowest BCUT2D eigenvalue weighted by Crippen LogP contribution is -2.56. The number of amides is 4. The van der Waals surface area contributed by atoms with Crippen LogP contribution in [-0.4, -0.2) is 17.0 Å². The summed E-state index contributed by atoms with van der Waals surface area (Å²) < 4.78 is 0. The monoisotopic (exact) mass is 192 g/mol. The van der Waals surface area contributed by atoms with E-state index in [4.69, 9.17) is 0 Å². The summed E-state index contributed by atoms with van der Waals surface area (Å²) in [5, 5.41) is 7.14. The first-order valence-corrected chi connectivity index (χ1v) is 4.03. The van der Waals surface area contributed by atoms with Crippen molar-refractivity contribution in [3.8, 4) is 0 Å². The molecule has 0 radical (unpaired) electrons. The van der Waals surface area contributed by atoms with Crippen molar-refractivity contribution in [3.05, 3.63) is 30.1 Å². The summed E-state index contributed by atoms with van der Waals surface area (Å²) in [6, 6.07) is 2.48. The molecule has 1 aliphatic heterocycles. The first-order valence-electron chi connectivity index (χ1n) is 4.03. The summed E-state index contributed by atoms with van der Waals surface area (Å²) in [5.41, 5.74) is 0.732. The van der Waals surface area contributed by atoms with E-state index in [-0.39, 0.29) is 0 Å². The van der Waals surface area contributed by atoms with E-state index >= 15 is 0 Å². The van der Waals surface area contributed by atoms with Gasteiger partial charge in [0, 0.05) is 18.0 Å². The maximum atomic E-state index is 11.0. The number of carbonyl (C=O) groups excluding carboxylic acids is 2. The summed E-state index contributed by atoms with van der Waals surface area (Å²) in [6.45, 7) is 0. The standard InChI is InChI=1S/C8H8N4O2/c13-7-10-6(11-8(14)12-7)5-2-1-3-9-4-5/h1-4,6H,(H3,10,11,12,13,14). The van der Waals surface area contributed by atoms with E-state index in [1.54, 1.807) is 24.5 Å². The fourth-order valence-electron chi connectivity index (χ4n) is 1.19. The Bertz CT molecular complexity index is 349. The third-order valence-corrected chi connectivity index (χ3v) is 1.80. The highest BCUT2D eigenvalue weighted by Gasteiger charge is 2.23. The zero-order chi connectivity index (χ0) is 9.97. The number of hydrogen-bond donors (Lipinski definition) is 3. The van der Waals surface area contributed by atoms with Crippen LogP contribution < -0.4 is 16.0 Å². The zero-order valence-corrected chi connectivity index (χ0v) is 7.15. The highest BCUT2D eigenvalue weighted by molar-refractivity contribution is 5.95. The number of hydrogen-bond acceptors (Lipinski definition) is 3. The molecule has 6 heteroatoms. The number of carbonyl (C=O) groups is 2. The van der Waals surface area contributed by atoms with Crippen molar-refractivity contribution in [2.75, 3.05) is 0 Å². The number of imide groups is 1. The summed E-state index contributed by atoms with van der Waals surface area (Å²) in [7, 11) is 0. The molecule has 1 fully saturated rings. The van der Waals surface area contributed by atoms with E-state index in [9.17, 15) is 9.59 Å². The molecule has 0 aliphatic carbocycles. The van der Waals surface area contributed by atoms with Crippen LogP contribution in [0.25, 0.3) is 0 Å². The van der Waals surface area contributed by atoms with Gasteiger partial charge < -0.3 is 10.6 Å². The normalized spacial score (nSPS) is 16.9. The highest BCUT2D eigenvalue weighted by atomic mass is 16.2. The molecule has 1 aromatic rings. The van der Waals surface area contributed by atoms with Gasteiger partial charge in [0.25, 0.3) is 0 Å². The molecule has 6 nitrogen and oxygen atoms in total. The third kappa shape index (κ3) is 1.63. The second kappa shape index (κ2) is 3.33. The van der Waals surface area contributed by atoms with Crippen molar-refractivity contribution in [2.24, 2.45) is 0 Å². The average Bonchev–Trinajstić information content (AvgIpc) is 2.18. The van der Waals surface area contributed by atoms with E-state index in [0.29, 0.717) is 0 Å². The van der Waals surface area contributed by atoms with Gasteiger partial charge >= 0.3 is 12.1 Å². The summed E-state index contributed by atoms with van der Waals surface area (Å²) in [6.07, 6.45) is 2.69. The molecule has 14 heavy (non-hydrogen) atoms. The number of nitrogens with zero attached hydrogens (tertiary/aromatic N) is 1. The number of nitrogens with one attached hydrogen (secondary N) is 3. The van der Waals surface area contributed by atoms with Crippen LogP contribution in [0.1, 0.15) is 11.7 Å². The van der Waals surface area contributed by atoms with Gasteiger partial charge in [-0.05, 0) is 6.07 Å². The molecule has 72 valence electrons. The van der Waals surface area contributed by atoms with Gasteiger partial charge in [0.05, 0.1) is 0 Å². The molecule has 0 bridgehead atoms. The second-order valence-corrected chi connectivity index (χ2v) is 2.79. The minimum atomic E-state index is -0.511. The van der Waals surface area contributed by atoms with Gasteiger partial charge in [0.1, 0.15) is 6.17 Å². The summed E-state index contributed by atoms with van der Waals surface area (Å²) >= 11 is 0. The van der Waals surface area contributed by atoms with Gasteiger partial charge in [-0.1, -0.05) is 6.07 Å². The maximum Gasteiger partial charge on any atom is 0.324 e. The molecule has 2 heterocycles. The van der Waals surface area contributed by atoms with Crippen LogP contribution in [0.15, 0.2) is 24.5 Å². The first kappa shape index (κ1) is 8.49. The number of rotatable bonds is 1. The lowest BCUT2D eigenvalue weighted by Gasteiger charge is -2.24. The van der Waals surface area contributed by atoms with Crippen LogP contribution in [0.2, 0.25) is 0 Å². The molecule has 4 amide bonds. The van der Waals surface area contributed by atoms with Gasteiger partial charge in [0.15, 0.2) is 0 Å². The summed E-state index contributed by atoms with van der Waals surface area (Å²) in [5.74, 6) is 0. The molecule has 1 aromatic heterocycles. The lowest BCUT2D eigenvalue weighted by atomic mass is 10.2. The van der Waals surface area contributed by atoms with Crippen LogP contribution >= 0.6 is 0 Å². The van der Waals surface area contributed by atoms with E-state index in [2.05, 4.69) is 20.9 Å². The Hall–Kier alpha value is -2.11. The van der Waals surface area contributed by atoms with Crippen molar-refractivity contribution in [3.63, 3.8) is 0 Å². The maximum absolute atomic E-state index is 11.0. The van der Waals surface area contributed by atoms with E-state index in [1.807, 2.05) is 0 Å². The third-order valence-electron chi connectivity index (χ3n) is 1.80. The molecule has 1 saturated heterocycles. The number of pyridine rings is 1. The van der Waals surface area contributed by atoms with Gasteiger partial charge in [-0.25, -0.2) is 9.59 Å². The minimum Gasteiger partial charge on any atom is -0.313 e. The molecular weight excluding hydrogens is 184 g/mol. The van der Waals surface area contributed by atoms with Crippen LogP contribution in [0.5, 0.6) is 0 Å². The van der Waals surface area contributed by atoms with Gasteiger partial charge in [-0.2, -0.15) is 0 Å². The topological polar surface area (TPSA) is 83.1 Å². The Labute approximate surface area is 79.7 Å². The quantitative estimate of drug-likeness (QED) is 0.590. The van der Waals surface area contributed by atoms with Gasteiger partial charge in [0.2, 0.25) is 0 Å². The van der Waals surface area contributed by atoms with E-state index < -0.39 is 18.2 Å². The highest BCUT2D eigenvalue weighted by Crippen LogP contribution is 2.09. The van der Waals surface area contributed by atoms with Crippen molar-refractivity contribution in [1.29, 1.82) is 0 Å². The summed E-state index contributed by atoms with van der Waals surface area (Å²) in [4.78, 5) is 25.8. The molecule has 0 saturated carbocycles. The van der Waals surface area contributed by atoms with Crippen molar-refractivity contribution < 1.29 is 9.59 Å². The predicted octanol–water partition coefficient (Wildman–Crippen LogP) is 0.103. The Morgan fingerprint density at radius 2 is 1.93 bits per heavy atom. The van der Waals surface area contributed by atoms with Gasteiger partial charge in [-0.3, -0.25) is 10.3 Å². The average molecular weight is 192 g/mol. The molecule has 0 spiro atoms. The predicted molar refractivity (Wildman–Crippen MR) is 47.2 cm³/mol. The molecule has 3 N–H and O–H groups in total. The Kier molecular flexibility index (Phi) is 2.02. The number of aromatic nitrogens is 1. The molecule has 0 atom stereocenters. The van der Waals surface area contributed by atoms with Crippen molar-refractivity contribution in [1.82, 2.24) is 20.9 Å². The largest absolute Gasteiger partial charge is 0.324 e. The molecule has 1 aliphatic rings. The second-order valence-electron chi connectivity index (χ2n) is 2.79. The SMILES string of the molecule is O=C1NC(=O)NC(c2cccnc2)N1. The van der Waals surface area contributed by atoms with Crippen molar-refractivity contribution in [2.45, 2.75) is 6.17 Å². The van der Waals surface area contributed by atoms with Crippen molar-refractivity contribution >= 4 is 12.1 Å². The smallest absolute Gasteiger partial charge is 0.313 e.